The van der Waals surface area contributed by atoms with Crippen LogP contribution in [0.25, 0.3) is 0 Å². The minimum absolute atomic E-state index is 0.0829. The molecule has 19 heavy (non-hydrogen) atoms. The summed E-state index contributed by atoms with van der Waals surface area (Å²) in [7, 11) is -2.51. The summed E-state index contributed by atoms with van der Waals surface area (Å²) in [5.41, 5.74) is 0.375. The Morgan fingerprint density at radius 3 is 2.68 bits per heavy atom. The SMILES string of the molecule is COC(=O)c1cscc1NS(=O)(=O)c1ccc(Cl)s1. The molecular weight excluding hydrogens is 330 g/mol. The quantitative estimate of drug-likeness (QED) is 0.870. The number of nitrogens with one attached hydrogen (secondary N) is 1. The van der Waals surface area contributed by atoms with Crippen molar-refractivity contribution < 1.29 is 17.9 Å². The van der Waals surface area contributed by atoms with E-state index in [0.717, 1.165) is 11.3 Å². The van der Waals surface area contributed by atoms with Crippen LogP contribution < -0.4 is 4.72 Å². The van der Waals surface area contributed by atoms with Gasteiger partial charge in [-0.05, 0) is 12.1 Å². The Hall–Kier alpha value is -1.09. The van der Waals surface area contributed by atoms with Gasteiger partial charge >= 0.3 is 5.97 Å². The lowest BCUT2D eigenvalue weighted by molar-refractivity contribution is 0.0602. The van der Waals surface area contributed by atoms with Crippen LogP contribution in [0.2, 0.25) is 4.34 Å². The molecule has 0 atom stereocenters. The predicted molar refractivity (Wildman–Crippen MR) is 75.8 cm³/mol. The van der Waals surface area contributed by atoms with Crippen molar-refractivity contribution >= 4 is 56.0 Å². The van der Waals surface area contributed by atoms with Crippen LogP contribution in [-0.2, 0) is 14.8 Å². The Balaban J connectivity index is 2.31. The number of hydrogen-bond acceptors (Lipinski definition) is 6. The first-order valence-electron chi connectivity index (χ1n) is 4.86. The summed E-state index contributed by atoms with van der Waals surface area (Å²) in [4.78, 5) is 11.5. The van der Waals surface area contributed by atoms with Crippen LogP contribution in [0.15, 0.2) is 27.1 Å². The maximum Gasteiger partial charge on any atom is 0.340 e. The molecule has 0 aliphatic heterocycles. The second-order valence-corrected chi connectivity index (χ2v) is 7.72. The average molecular weight is 338 g/mol. The number of thiophene rings is 2. The molecule has 0 spiro atoms. The van der Waals surface area contributed by atoms with Gasteiger partial charge in [0.15, 0.2) is 0 Å². The lowest BCUT2D eigenvalue weighted by Crippen LogP contribution is -2.13. The second-order valence-electron chi connectivity index (χ2n) is 3.35. The third-order valence-electron chi connectivity index (χ3n) is 2.12. The van der Waals surface area contributed by atoms with Gasteiger partial charge in [-0.3, -0.25) is 4.72 Å². The highest BCUT2D eigenvalue weighted by molar-refractivity contribution is 7.94. The summed E-state index contributed by atoms with van der Waals surface area (Å²) in [6.45, 7) is 0. The average Bonchev–Trinajstić information content (AvgIpc) is 2.97. The van der Waals surface area contributed by atoms with E-state index in [1.165, 1.54) is 41.3 Å². The Morgan fingerprint density at radius 2 is 2.11 bits per heavy atom. The number of carbonyl (C=O) groups excluding carboxylic acids is 1. The molecule has 102 valence electrons. The lowest BCUT2D eigenvalue weighted by Gasteiger charge is -2.06. The number of sulfonamides is 1. The smallest absolute Gasteiger partial charge is 0.340 e. The summed E-state index contributed by atoms with van der Waals surface area (Å²) in [6, 6.07) is 2.90. The number of esters is 1. The first-order chi connectivity index (χ1) is 8.94. The van der Waals surface area contributed by atoms with E-state index in [0.29, 0.717) is 4.34 Å². The van der Waals surface area contributed by atoms with Crippen LogP contribution in [0.3, 0.4) is 0 Å². The molecule has 2 rings (SSSR count). The highest BCUT2D eigenvalue weighted by Gasteiger charge is 2.21. The van der Waals surface area contributed by atoms with E-state index in [-0.39, 0.29) is 15.5 Å². The van der Waals surface area contributed by atoms with Gasteiger partial charge in [0.05, 0.1) is 22.7 Å². The number of rotatable bonds is 4. The van der Waals surface area contributed by atoms with Crippen molar-refractivity contribution in [3.63, 3.8) is 0 Å². The van der Waals surface area contributed by atoms with E-state index < -0.39 is 16.0 Å². The van der Waals surface area contributed by atoms with Crippen molar-refractivity contribution in [2.24, 2.45) is 0 Å². The van der Waals surface area contributed by atoms with Crippen molar-refractivity contribution in [3.8, 4) is 0 Å². The molecule has 0 aliphatic carbocycles. The summed E-state index contributed by atoms with van der Waals surface area (Å²) in [6.07, 6.45) is 0. The van der Waals surface area contributed by atoms with Gasteiger partial charge in [-0.2, -0.15) is 0 Å². The van der Waals surface area contributed by atoms with E-state index in [1.54, 1.807) is 0 Å². The maximum absolute atomic E-state index is 12.1. The number of carbonyl (C=O) groups is 1. The summed E-state index contributed by atoms with van der Waals surface area (Å²) >= 11 is 7.85. The molecule has 0 fully saturated rings. The standard InChI is InChI=1S/C10H8ClNO4S3/c1-16-10(13)6-4-17-5-7(6)12-19(14,15)9-3-2-8(11)18-9/h2-5,12H,1H3. The molecule has 2 aromatic heterocycles. The van der Waals surface area contributed by atoms with Crippen molar-refractivity contribution in [1.29, 1.82) is 0 Å². The Morgan fingerprint density at radius 1 is 1.37 bits per heavy atom. The minimum Gasteiger partial charge on any atom is -0.465 e. The van der Waals surface area contributed by atoms with Gasteiger partial charge < -0.3 is 4.74 Å². The van der Waals surface area contributed by atoms with Crippen molar-refractivity contribution in [3.05, 3.63) is 32.8 Å². The molecule has 0 unspecified atom stereocenters. The van der Waals surface area contributed by atoms with E-state index >= 15 is 0 Å². The van der Waals surface area contributed by atoms with Crippen LogP contribution >= 0.6 is 34.3 Å². The van der Waals surface area contributed by atoms with Gasteiger partial charge in [-0.1, -0.05) is 11.6 Å². The van der Waals surface area contributed by atoms with Crippen LogP contribution in [0, 0.1) is 0 Å². The van der Waals surface area contributed by atoms with Crippen LogP contribution in [0.4, 0.5) is 5.69 Å². The van der Waals surface area contributed by atoms with Gasteiger partial charge in [0.25, 0.3) is 10.0 Å². The molecule has 0 radical (unpaired) electrons. The van der Waals surface area contributed by atoms with Crippen LogP contribution in [0.1, 0.15) is 10.4 Å². The monoisotopic (exact) mass is 337 g/mol. The highest BCUT2D eigenvalue weighted by atomic mass is 35.5. The maximum atomic E-state index is 12.1. The highest BCUT2D eigenvalue weighted by Crippen LogP contribution is 2.29. The Kier molecular flexibility index (Phi) is 4.14. The first kappa shape index (κ1) is 14.3. The lowest BCUT2D eigenvalue weighted by atomic mass is 10.3. The van der Waals surface area contributed by atoms with Gasteiger partial charge in [0.2, 0.25) is 0 Å². The number of anilines is 1. The third-order valence-corrected chi connectivity index (χ3v) is 5.96. The van der Waals surface area contributed by atoms with E-state index in [1.807, 2.05) is 0 Å². The predicted octanol–water partition coefficient (Wildman–Crippen LogP) is 3.05. The fraction of sp³-hybridized carbons (Fsp3) is 0.100. The Labute approximate surface area is 122 Å². The van der Waals surface area contributed by atoms with Gasteiger partial charge in [0, 0.05) is 10.8 Å². The molecule has 0 aliphatic rings. The van der Waals surface area contributed by atoms with Crippen molar-refractivity contribution in [1.82, 2.24) is 0 Å². The van der Waals surface area contributed by atoms with Crippen LogP contribution in [0.5, 0.6) is 0 Å². The number of ether oxygens (including phenoxy) is 1. The van der Waals surface area contributed by atoms with Crippen molar-refractivity contribution in [2.75, 3.05) is 11.8 Å². The largest absolute Gasteiger partial charge is 0.465 e. The van der Waals surface area contributed by atoms with E-state index in [4.69, 9.17) is 11.6 Å². The molecule has 0 saturated carbocycles. The third kappa shape index (κ3) is 3.08. The van der Waals surface area contributed by atoms with Gasteiger partial charge in [-0.25, -0.2) is 13.2 Å². The van der Waals surface area contributed by atoms with Crippen molar-refractivity contribution in [2.45, 2.75) is 4.21 Å². The molecule has 0 amide bonds. The summed E-state index contributed by atoms with van der Waals surface area (Å²) in [5, 5.41) is 3.05. The molecule has 0 saturated heterocycles. The number of hydrogen-bond donors (Lipinski definition) is 1. The molecule has 0 bridgehead atoms. The molecule has 0 aromatic carbocycles. The molecule has 2 heterocycles. The van der Waals surface area contributed by atoms with Gasteiger partial charge in [0.1, 0.15) is 4.21 Å². The topological polar surface area (TPSA) is 72.5 Å². The minimum atomic E-state index is -3.74. The first-order valence-corrected chi connectivity index (χ1v) is 8.49. The van der Waals surface area contributed by atoms with E-state index in [2.05, 4.69) is 9.46 Å². The molecule has 9 heteroatoms. The number of halogens is 1. The Bertz CT molecular complexity index is 704. The molecule has 2 aromatic rings. The van der Waals surface area contributed by atoms with E-state index in [9.17, 15) is 13.2 Å². The second kappa shape index (κ2) is 5.49. The summed E-state index contributed by atoms with van der Waals surface area (Å²) < 4.78 is 31.5. The molecular formula is C10H8ClNO4S3. The molecule has 5 nitrogen and oxygen atoms in total. The zero-order valence-corrected chi connectivity index (χ0v) is 12.8. The van der Waals surface area contributed by atoms with Gasteiger partial charge in [-0.15, -0.1) is 22.7 Å². The fourth-order valence-electron chi connectivity index (χ4n) is 1.28. The zero-order chi connectivity index (χ0) is 14.0. The molecule has 1 N–H and O–H groups in total. The normalized spacial score (nSPS) is 11.3. The summed E-state index contributed by atoms with van der Waals surface area (Å²) in [5.74, 6) is -0.594. The van der Waals surface area contributed by atoms with Crippen LogP contribution in [-0.4, -0.2) is 21.5 Å². The fourth-order valence-corrected chi connectivity index (χ4v) is 4.66. The zero-order valence-electron chi connectivity index (χ0n) is 9.55. The number of methoxy groups -OCH3 is 1.